The molecule has 1 fully saturated rings. The largest absolute Gasteiger partial charge is 0.253 e. The monoisotopic (exact) mass is 305 g/mol. The Morgan fingerprint density at radius 2 is 2.15 bits per heavy atom. The molecule has 3 rings (SSSR count). The van der Waals surface area contributed by atoms with Gasteiger partial charge in [0.2, 0.25) is 5.13 Å². The van der Waals surface area contributed by atoms with E-state index in [-0.39, 0.29) is 0 Å². The van der Waals surface area contributed by atoms with E-state index in [0.29, 0.717) is 0 Å². The topological polar surface area (TPSA) is 37.3 Å². The molecule has 0 spiro atoms. The number of rotatable bonds is 3. The van der Waals surface area contributed by atoms with Gasteiger partial charge in [0.15, 0.2) is 0 Å². The molecule has 3 nitrogen and oxygen atoms in total. The minimum absolute atomic E-state index is 0.740. The maximum atomic E-state index is 5.89. The lowest BCUT2D eigenvalue weighted by molar-refractivity contribution is 0.623. The summed E-state index contributed by atoms with van der Waals surface area (Å²) in [6.45, 7) is 2.27. The van der Waals surface area contributed by atoms with Crippen molar-refractivity contribution < 1.29 is 0 Å². The van der Waals surface area contributed by atoms with Crippen LogP contribution in [0.5, 0.6) is 0 Å². The lowest BCUT2D eigenvalue weighted by atomic mass is 10.1. The van der Waals surface area contributed by atoms with Gasteiger partial charge in [-0.2, -0.15) is 5.10 Å². The zero-order valence-electron chi connectivity index (χ0n) is 11.3. The van der Waals surface area contributed by atoms with Crippen molar-refractivity contribution in [1.29, 1.82) is 0 Å². The maximum absolute atomic E-state index is 5.89. The molecule has 104 valence electrons. The molecule has 1 aliphatic carbocycles. The highest BCUT2D eigenvalue weighted by atomic mass is 35.5. The first-order chi connectivity index (χ1) is 9.70. The SMILES string of the molecule is CC1CC/C(=N\Nc2nc(-c3ccc(Cl)cc3)cs2)C1. The van der Waals surface area contributed by atoms with Crippen LogP contribution in [0.15, 0.2) is 34.7 Å². The van der Waals surface area contributed by atoms with Crippen LogP contribution in [0.2, 0.25) is 5.02 Å². The molecule has 1 heterocycles. The Labute approximate surface area is 127 Å². The van der Waals surface area contributed by atoms with Gasteiger partial charge in [0, 0.05) is 21.7 Å². The van der Waals surface area contributed by atoms with Crippen LogP contribution in [-0.4, -0.2) is 10.7 Å². The number of benzene rings is 1. The van der Waals surface area contributed by atoms with Gasteiger partial charge in [0.25, 0.3) is 0 Å². The summed E-state index contributed by atoms with van der Waals surface area (Å²) in [6.07, 6.45) is 3.44. The van der Waals surface area contributed by atoms with Crippen LogP contribution in [0.4, 0.5) is 5.13 Å². The number of hydrogen-bond donors (Lipinski definition) is 1. The second-order valence-electron chi connectivity index (χ2n) is 5.18. The van der Waals surface area contributed by atoms with Crippen molar-refractivity contribution >= 4 is 33.8 Å². The summed E-state index contributed by atoms with van der Waals surface area (Å²) < 4.78 is 0. The molecular weight excluding hydrogens is 290 g/mol. The van der Waals surface area contributed by atoms with Gasteiger partial charge in [-0.1, -0.05) is 30.7 Å². The lowest BCUT2D eigenvalue weighted by Gasteiger charge is -1.98. The first-order valence-electron chi connectivity index (χ1n) is 6.73. The third-order valence-electron chi connectivity index (χ3n) is 3.46. The molecule has 1 atom stereocenters. The van der Waals surface area contributed by atoms with Gasteiger partial charge in [0.05, 0.1) is 5.69 Å². The Kier molecular flexibility index (Phi) is 4.03. The Balaban J connectivity index is 1.69. The molecule has 1 aromatic heterocycles. The van der Waals surface area contributed by atoms with Gasteiger partial charge < -0.3 is 0 Å². The second-order valence-corrected chi connectivity index (χ2v) is 6.48. The highest BCUT2D eigenvalue weighted by molar-refractivity contribution is 7.14. The van der Waals surface area contributed by atoms with Gasteiger partial charge >= 0.3 is 0 Å². The second kappa shape index (κ2) is 5.94. The van der Waals surface area contributed by atoms with Crippen molar-refractivity contribution in [3.63, 3.8) is 0 Å². The minimum Gasteiger partial charge on any atom is -0.253 e. The molecule has 20 heavy (non-hydrogen) atoms. The van der Waals surface area contributed by atoms with Crippen LogP contribution < -0.4 is 5.43 Å². The lowest BCUT2D eigenvalue weighted by Crippen LogP contribution is -1.97. The standard InChI is InChI=1S/C15H16ClN3S/c1-10-2-7-13(8-10)18-19-15-17-14(9-20-15)11-3-5-12(16)6-4-11/h3-6,9-10H,2,7-8H2,1H3,(H,17,19)/b18-13+. The predicted molar refractivity (Wildman–Crippen MR) is 86.6 cm³/mol. The first-order valence-corrected chi connectivity index (χ1v) is 7.99. The molecule has 0 saturated heterocycles. The molecule has 1 unspecified atom stereocenters. The fourth-order valence-electron chi connectivity index (χ4n) is 2.33. The van der Waals surface area contributed by atoms with E-state index in [1.807, 2.05) is 29.6 Å². The smallest absolute Gasteiger partial charge is 0.203 e. The van der Waals surface area contributed by atoms with Gasteiger partial charge in [0.1, 0.15) is 0 Å². The molecule has 5 heteroatoms. The number of hydrogen-bond acceptors (Lipinski definition) is 4. The molecule has 0 radical (unpaired) electrons. The molecule has 1 N–H and O–H groups in total. The number of anilines is 1. The van der Waals surface area contributed by atoms with E-state index in [1.54, 1.807) is 11.3 Å². The van der Waals surface area contributed by atoms with Gasteiger partial charge in [-0.15, -0.1) is 11.3 Å². The van der Waals surface area contributed by atoms with Crippen LogP contribution in [0, 0.1) is 5.92 Å². The van der Waals surface area contributed by atoms with E-state index in [4.69, 9.17) is 11.6 Å². The fraction of sp³-hybridized carbons (Fsp3) is 0.333. The number of hydrazone groups is 1. The summed E-state index contributed by atoms with van der Waals surface area (Å²) >= 11 is 7.46. The molecule has 1 saturated carbocycles. The van der Waals surface area contributed by atoms with E-state index in [1.165, 1.54) is 12.1 Å². The summed E-state index contributed by atoms with van der Waals surface area (Å²) in [4.78, 5) is 4.55. The predicted octanol–water partition coefficient (Wildman–Crippen LogP) is 5.05. The van der Waals surface area contributed by atoms with Gasteiger partial charge in [-0.25, -0.2) is 4.98 Å². The normalized spacial score (nSPS) is 20.5. The zero-order valence-corrected chi connectivity index (χ0v) is 12.8. The Morgan fingerprint density at radius 3 is 2.85 bits per heavy atom. The van der Waals surface area contributed by atoms with Crippen molar-refractivity contribution in [2.45, 2.75) is 26.2 Å². The molecule has 1 aromatic carbocycles. The average Bonchev–Trinajstić information content (AvgIpc) is 3.06. The van der Waals surface area contributed by atoms with Crippen LogP contribution in [0.25, 0.3) is 11.3 Å². The number of halogens is 1. The van der Waals surface area contributed by atoms with Crippen LogP contribution in [-0.2, 0) is 0 Å². The summed E-state index contributed by atoms with van der Waals surface area (Å²) in [7, 11) is 0. The molecule has 0 amide bonds. The minimum atomic E-state index is 0.740. The van der Waals surface area contributed by atoms with E-state index < -0.39 is 0 Å². The number of aromatic nitrogens is 1. The van der Waals surface area contributed by atoms with E-state index in [9.17, 15) is 0 Å². The molecule has 0 bridgehead atoms. The number of nitrogens with one attached hydrogen (secondary N) is 1. The Morgan fingerprint density at radius 1 is 1.35 bits per heavy atom. The number of thiazole rings is 1. The molecular formula is C15H16ClN3S. The van der Waals surface area contributed by atoms with Crippen molar-refractivity contribution in [2.24, 2.45) is 11.0 Å². The fourth-order valence-corrected chi connectivity index (χ4v) is 3.11. The van der Waals surface area contributed by atoms with E-state index in [2.05, 4.69) is 22.4 Å². The van der Waals surface area contributed by atoms with Crippen LogP contribution in [0.1, 0.15) is 26.2 Å². The van der Waals surface area contributed by atoms with E-state index in [0.717, 1.165) is 40.2 Å². The van der Waals surface area contributed by atoms with E-state index >= 15 is 0 Å². The van der Waals surface area contributed by atoms with Crippen LogP contribution in [0.3, 0.4) is 0 Å². The number of nitrogens with zero attached hydrogens (tertiary/aromatic N) is 2. The van der Waals surface area contributed by atoms with Gasteiger partial charge in [-0.3, -0.25) is 5.43 Å². The maximum Gasteiger partial charge on any atom is 0.203 e. The summed E-state index contributed by atoms with van der Waals surface area (Å²) in [5.74, 6) is 0.761. The van der Waals surface area contributed by atoms with Crippen molar-refractivity contribution in [2.75, 3.05) is 5.43 Å². The third-order valence-corrected chi connectivity index (χ3v) is 4.46. The Hall–Kier alpha value is -1.39. The third kappa shape index (κ3) is 3.19. The molecule has 1 aliphatic rings. The summed E-state index contributed by atoms with van der Waals surface area (Å²) in [6, 6.07) is 7.71. The van der Waals surface area contributed by atoms with Crippen molar-refractivity contribution in [3.05, 3.63) is 34.7 Å². The first kappa shape index (κ1) is 13.6. The molecule has 2 aromatic rings. The van der Waals surface area contributed by atoms with Crippen LogP contribution >= 0.6 is 22.9 Å². The zero-order chi connectivity index (χ0) is 13.9. The average molecular weight is 306 g/mol. The Bertz CT molecular complexity index is 618. The highest BCUT2D eigenvalue weighted by Crippen LogP contribution is 2.27. The quantitative estimate of drug-likeness (QED) is 0.806. The van der Waals surface area contributed by atoms with Crippen molar-refractivity contribution in [3.8, 4) is 11.3 Å². The summed E-state index contributed by atoms with van der Waals surface area (Å²) in [5.41, 5.74) is 6.35. The van der Waals surface area contributed by atoms with Crippen molar-refractivity contribution in [1.82, 2.24) is 4.98 Å². The summed E-state index contributed by atoms with van der Waals surface area (Å²) in [5, 5.41) is 8.06. The highest BCUT2D eigenvalue weighted by Gasteiger charge is 2.16. The van der Waals surface area contributed by atoms with Gasteiger partial charge in [-0.05, 0) is 37.3 Å². The molecule has 0 aliphatic heterocycles.